The lowest BCUT2D eigenvalue weighted by Crippen LogP contribution is -2.21. The summed E-state index contributed by atoms with van der Waals surface area (Å²) in [6.07, 6.45) is 5.28. The van der Waals surface area contributed by atoms with Gasteiger partial charge in [0.15, 0.2) is 6.29 Å². The molecule has 1 N–H and O–H groups in total. The van der Waals surface area contributed by atoms with E-state index in [1.54, 1.807) is 6.26 Å². The molecule has 76 valence electrons. The monoisotopic (exact) mass is 186 g/mol. The lowest BCUT2D eigenvalue weighted by molar-refractivity contribution is -0.0543. The molecule has 0 saturated heterocycles. The van der Waals surface area contributed by atoms with Crippen molar-refractivity contribution >= 4 is 0 Å². The van der Waals surface area contributed by atoms with Gasteiger partial charge in [-0.3, -0.25) is 0 Å². The second kappa shape index (κ2) is 5.25. The van der Waals surface area contributed by atoms with E-state index in [0.29, 0.717) is 6.10 Å². The van der Waals surface area contributed by atoms with Crippen LogP contribution >= 0.6 is 0 Å². The van der Waals surface area contributed by atoms with E-state index in [1.165, 1.54) is 7.11 Å². The summed E-state index contributed by atoms with van der Waals surface area (Å²) in [6.45, 7) is 2.15. The summed E-state index contributed by atoms with van der Waals surface area (Å²) in [5.74, 6) is 0. The Bertz CT molecular complexity index is 177. The molecule has 1 heterocycles. The largest absolute Gasteiger partial charge is 0.498 e. The molecule has 0 aromatic rings. The molecular weight excluding hydrogens is 168 g/mol. The molecule has 3 heteroatoms. The highest BCUT2D eigenvalue weighted by Crippen LogP contribution is 2.22. The quantitative estimate of drug-likeness (QED) is 0.680. The summed E-state index contributed by atoms with van der Waals surface area (Å²) in [5, 5.41) is 9.33. The smallest absolute Gasteiger partial charge is 0.179 e. The van der Waals surface area contributed by atoms with Crippen LogP contribution in [0.25, 0.3) is 0 Å². The maximum Gasteiger partial charge on any atom is 0.179 e. The van der Waals surface area contributed by atoms with Gasteiger partial charge in [0.2, 0.25) is 0 Å². The number of aliphatic hydroxyl groups is 1. The van der Waals surface area contributed by atoms with Gasteiger partial charge in [-0.15, -0.1) is 0 Å². The van der Waals surface area contributed by atoms with Crippen molar-refractivity contribution in [2.45, 2.75) is 45.0 Å². The zero-order valence-electron chi connectivity index (χ0n) is 8.32. The Morgan fingerprint density at radius 1 is 1.77 bits per heavy atom. The predicted molar refractivity (Wildman–Crippen MR) is 50.1 cm³/mol. The molecule has 0 bridgehead atoms. The van der Waals surface area contributed by atoms with Crippen molar-refractivity contribution < 1.29 is 14.6 Å². The number of aliphatic hydroxyl groups excluding tert-OH is 1. The molecule has 0 spiro atoms. The molecule has 2 atom stereocenters. The van der Waals surface area contributed by atoms with Crippen molar-refractivity contribution in [1.29, 1.82) is 0 Å². The van der Waals surface area contributed by atoms with E-state index in [-0.39, 0.29) is 0 Å². The summed E-state index contributed by atoms with van der Waals surface area (Å²) < 4.78 is 10.2. The first-order valence-electron chi connectivity index (χ1n) is 4.83. The highest BCUT2D eigenvalue weighted by Gasteiger charge is 2.18. The van der Waals surface area contributed by atoms with Crippen LogP contribution in [0.2, 0.25) is 0 Å². The van der Waals surface area contributed by atoms with E-state index in [9.17, 15) is 5.11 Å². The molecule has 2 unspecified atom stereocenters. The van der Waals surface area contributed by atoms with Crippen LogP contribution in [-0.2, 0) is 9.47 Å². The average molecular weight is 186 g/mol. The van der Waals surface area contributed by atoms with Crippen LogP contribution < -0.4 is 0 Å². The topological polar surface area (TPSA) is 38.7 Å². The van der Waals surface area contributed by atoms with Crippen molar-refractivity contribution in [2.24, 2.45) is 0 Å². The van der Waals surface area contributed by atoms with Gasteiger partial charge in [0.05, 0.1) is 12.4 Å². The predicted octanol–water partition coefficient (Wildman–Crippen LogP) is 1.81. The zero-order valence-corrected chi connectivity index (χ0v) is 8.32. The number of hydrogen-bond acceptors (Lipinski definition) is 3. The van der Waals surface area contributed by atoms with Crippen LogP contribution in [0.15, 0.2) is 11.8 Å². The van der Waals surface area contributed by atoms with Crippen molar-refractivity contribution in [2.75, 3.05) is 7.11 Å². The number of hydrogen-bond donors (Lipinski definition) is 1. The molecular formula is C10H18O3. The zero-order chi connectivity index (χ0) is 9.68. The third-order valence-corrected chi connectivity index (χ3v) is 2.32. The summed E-state index contributed by atoms with van der Waals surface area (Å²) in [7, 11) is 1.49. The van der Waals surface area contributed by atoms with Crippen molar-refractivity contribution in [3.63, 3.8) is 0 Å². The van der Waals surface area contributed by atoms with Crippen LogP contribution in [0.3, 0.4) is 0 Å². The van der Waals surface area contributed by atoms with Gasteiger partial charge in [-0.2, -0.15) is 0 Å². The third kappa shape index (κ3) is 3.01. The summed E-state index contributed by atoms with van der Waals surface area (Å²) in [6, 6.07) is 0. The Balaban J connectivity index is 2.38. The minimum Gasteiger partial charge on any atom is -0.498 e. The van der Waals surface area contributed by atoms with Gasteiger partial charge in [-0.05, 0) is 19.3 Å². The lowest BCUT2D eigenvalue weighted by atomic mass is 10.0. The Hall–Kier alpha value is -0.540. The summed E-state index contributed by atoms with van der Waals surface area (Å²) in [4.78, 5) is 0. The van der Waals surface area contributed by atoms with Gasteiger partial charge in [0.1, 0.15) is 0 Å². The van der Waals surface area contributed by atoms with Gasteiger partial charge in [0, 0.05) is 12.7 Å². The number of methoxy groups -OCH3 is 1. The molecule has 0 saturated carbocycles. The Kier molecular flexibility index (Phi) is 4.25. The fourth-order valence-electron chi connectivity index (χ4n) is 1.51. The van der Waals surface area contributed by atoms with Gasteiger partial charge >= 0.3 is 0 Å². The van der Waals surface area contributed by atoms with Crippen LogP contribution in [0.5, 0.6) is 0 Å². The van der Waals surface area contributed by atoms with Crippen LogP contribution in [0.1, 0.15) is 32.6 Å². The molecule has 0 aromatic heterocycles. The van der Waals surface area contributed by atoms with E-state index in [2.05, 4.69) is 6.92 Å². The van der Waals surface area contributed by atoms with Gasteiger partial charge in [0.25, 0.3) is 0 Å². The number of ether oxygens (including phenoxy) is 2. The third-order valence-electron chi connectivity index (χ3n) is 2.32. The highest BCUT2D eigenvalue weighted by molar-refractivity contribution is 5.04. The number of rotatable bonds is 4. The van der Waals surface area contributed by atoms with Crippen LogP contribution in [-0.4, -0.2) is 24.6 Å². The summed E-state index contributed by atoms with van der Waals surface area (Å²) >= 11 is 0. The first-order chi connectivity index (χ1) is 6.27. The molecule has 0 fully saturated rings. The van der Waals surface area contributed by atoms with Gasteiger partial charge in [-0.25, -0.2) is 0 Å². The Morgan fingerprint density at radius 3 is 3.00 bits per heavy atom. The fourth-order valence-corrected chi connectivity index (χ4v) is 1.51. The van der Waals surface area contributed by atoms with Crippen molar-refractivity contribution in [1.82, 2.24) is 0 Å². The van der Waals surface area contributed by atoms with Crippen LogP contribution in [0.4, 0.5) is 0 Å². The SMILES string of the molecule is CCCC1CCC(C(O)OC)=CO1. The molecule has 1 aliphatic heterocycles. The van der Waals surface area contributed by atoms with E-state index >= 15 is 0 Å². The Morgan fingerprint density at radius 2 is 2.54 bits per heavy atom. The second-order valence-corrected chi connectivity index (χ2v) is 3.37. The molecule has 13 heavy (non-hydrogen) atoms. The van der Waals surface area contributed by atoms with E-state index in [1.807, 2.05) is 0 Å². The molecule has 0 amide bonds. The minimum atomic E-state index is -0.789. The normalized spacial score (nSPS) is 24.8. The second-order valence-electron chi connectivity index (χ2n) is 3.37. The molecule has 1 rings (SSSR count). The van der Waals surface area contributed by atoms with Crippen molar-refractivity contribution in [3.05, 3.63) is 11.8 Å². The first kappa shape index (κ1) is 10.5. The summed E-state index contributed by atoms with van der Waals surface area (Å²) in [5.41, 5.74) is 0.842. The fraction of sp³-hybridized carbons (Fsp3) is 0.800. The molecule has 1 aliphatic rings. The standard InChI is InChI=1S/C10H18O3/c1-3-4-9-6-5-8(7-13-9)10(11)12-2/h7,9-11H,3-6H2,1-2H3. The van der Waals surface area contributed by atoms with E-state index in [4.69, 9.17) is 9.47 Å². The maximum absolute atomic E-state index is 9.33. The van der Waals surface area contributed by atoms with E-state index in [0.717, 1.165) is 31.3 Å². The molecule has 0 radical (unpaired) electrons. The minimum absolute atomic E-state index is 0.331. The van der Waals surface area contributed by atoms with Gasteiger partial charge < -0.3 is 14.6 Å². The van der Waals surface area contributed by atoms with Crippen LogP contribution in [0, 0.1) is 0 Å². The Labute approximate surface area is 79.3 Å². The highest BCUT2D eigenvalue weighted by atomic mass is 16.6. The lowest BCUT2D eigenvalue weighted by Gasteiger charge is -2.24. The molecule has 0 aromatic carbocycles. The first-order valence-corrected chi connectivity index (χ1v) is 4.83. The molecule has 0 aliphatic carbocycles. The van der Waals surface area contributed by atoms with Gasteiger partial charge in [-0.1, -0.05) is 13.3 Å². The molecule has 3 nitrogen and oxygen atoms in total. The maximum atomic E-state index is 9.33. The van der Waals surface area contributed by atoms with E-state index < -0.39 is 6.29 Å². The van der Waals surface area contributed by atoms with Crippen molar-refractivity contribution in [3.8, 4) is 0 Å². The average Bonchev–Trinajstić information content (AvgIpc) is 2.18.